The molecular formula is C10H13NO2. The molecule has 0 fully saturated rings. The van der Waals surface area contributed by atoms with Gasteiger partial charge in [-0.15, -0.1) is 0 Å². The largest absolute Gasteiger partial charge is 0.469 e. The van der Waals surface area contributed by atoms with Crippen LogP contribution in [0.3, 0.4) is 0 Å². The van der Waals surface area contributed by atoms with Crippen molar-refractivity contribution in [3.05, 3.63) is 23.7 Å². The topological polar surface area (TPSA) is 45.7 Å². The van der Waals surface area contributed by atoms with E-state index >= 15 is 0 Å². The summed E-state index contributed by atoms with van der Waals surface area (Å²) in [5, 5.41) is 12.3. The van der Waals surface area contributed by atoms with Crippen LogP contribution in [0, 0.1) is 5.92 Å². The zero-order valence-electron chi connectivity index (χ0n) is 7.66. The van der Waals surface area contributed by atoms with Gasteiger partial charge in [-0.2, -0.15) is 0 Å². The third-order valence-corrected chi connectivity index (χ3v) is 2.73. The monoisotopic (exact) mass is 179 g/mol. The van der Waals surface area contributed by atoms with Gasteiger partial charge in [0.2, 0.25) is 0 Å². The van der Waals surface area contributed by atoms with E-state index in [1.807, 2.05) is 6.07 Å². The number of nitrogens with zero attached hydrogens (tertiary/aromatic N) is 1. The molecule has 1 aliphatic rings. The fourth-order valence-electron chi connectivity index (χ4n) is 1.96. The predicted molar refractivity (Wildman–Crippen MR) is 49.1 cm³/mol. The van der Waals surface area contributed by atoms with E-state index in [2.05, 4.69) is 12.1 Å². The molecule has 0 saturated heterocycles. The van der Waals surface area contributed by atoms with Gasteiger partial charge in [0.1, 0.15) is 5.76 Å². The zero-order chi connectivity index (χ0) is 9.26. The van der Waals surface area contributed by atoms with Gasteiger partial charge in [0.15, 0.2) is 0 Å². The molecule has 1 aromatic rings. The van der Waals surface area contributed by atoms with Crippen molar-refractivity contribution < 1.29 is 9.62 Å². The van der Waals surface area contributed by atoms with Crippen LogP contribution in [-0.2, 0) is 6.42 Å². The highest BCUT2D eigenvalue weighted by Crippen LogP contribution is 2.28. The molecule has 13 heavy (non-hydrogen) atoms. The van der Waals surface area contributed by atoms with Crippen LogP contribution in [-0.4, -0.2) is 10.9 Å². The van der Waals surface area contributed by atoms with E-state index in [1.165, 1.54) is 0 Å². The molecule has 1 aromatic heterocycles. The molecule has 0 radical (unpaired) electrons. The Bertz CT molecular complexity index is 327. The number of aryl methyl sites for hydroxylation is 1. The molecular weight excluding hydrogens is 166 g/mol. The first-order chi connectivity index (χ1) is 6.36. The Balaban J connectivity index is 2.41. The highest BCUT2D eigenvalue weighted by molar-refractivity contribution is 6.03. The van der Waals surface area contributed by atoms with Crippen LogP contribution < -0.4 is 0 Å². The molecule has 0 saturated carbocycles. The molecule has 0 amide bonds. The third kappa shape index (κ3) is 1.24. The van der Waals surface area contributed by atoms with Gasteiger partial charge in [-0.1, -0.05) is 12.1 Å². The van der Waals surface area contributed by atoms with Crippen LogP contribution in [0.15, 0.2) is 21.9 Å². The first kappa shape index (κ1) is 8.35. The lowest BCUT2D eigenvalue weighted by Crippen LogP contribution is -2.21. The molecule has 70 valence electrons. The zero-order valence-corrected chi connectivity index (χ0v) is 7.66. The minimum atomic E-state index is 0.384. The second-order valence-corrected chi connectivity index (χ2v) is 3.39. The Morgan fingerprint density at radius 1 is 1.69 bits per heavy atom. The number of hydrogen-bond donors (Lipinski definition) is 1. The summed E-state index contributed by atoms with van der Waals surface area (Å²) in [6.07, 6.45) is 4.66. The highest BCUT2D eigenvalue weighted by Gasteiger charge is 2.26. The number of fused-ring (bicyclic) bond motifs is 1. The maximum Gasteiger partial charge on any atom is 0.112 e. The predicted octanol–water partition coefficient (Wildman–Crippen LogP) is 2.43. The average Bonchev–Trinajstić information content (AvgIpc) is 2.63. The van der Waals surface area contributed by atoms with Gasteiger partial charge in [0.25, 0.3) is 0 Å². The van der Waals surface area contributed by atoms with Crippen molar-refractivity contribution in [1.82, 2.24) is 0 Å². The van der Waals surface area contributed by atoms with Gasteiger partial charge in [-0.05, 0) is 18.9 Å². The molecule has 1 unspecified atom stereocenters. The highest BCUT2D eigenvalue weighted by atomic mass is 16.4. The summed E-state index contributed by atoms with van der Waals surface area (Å²) in [5.74, 6) is 1.34. The van der Waals surface area contributed by atoms with Gasteiger partial charge < -0.3 is 9.62 Å². The summed E-state index contributed by atoms with van der Waals surface area (Å²) < 4.78 is 5.29. The first-order valence-electron chi connectivity index (χ1n) is 4.65. The molecule has 0 aliphatic heterocycles. The molecule has 0 aromatic carbocycles. The van der Waals surface area contributed by atoms with E-state index in [4.69, 9.17) is 9.62 Å². The van der Waals surface area contributed by atoms with Crippen LogP contribution in [0.2, 0.25) is 0 Å². The second-order valence-electron chi connectivity index (χ2n) is 3.39. The van der Waals surface area contributed by atoms with Crippen molar-refractivity contribution in [1.29, 1.82) is 0 Å². The van der Waals surface area contributed by atoms with Crippen molar-refractivity contribution in [2.45, 2.75) is 26.2 Å². The summed E-state index contributed by atoms with van der Waals surface area (Å²) >= 11 is 0. The van der Waals surface area contributed by atoms with Crippen molar-refractivity contribution >= 4 is 5.71 Å². The number of hydrogen-bond acceptors (Lipinski definition) is 3. The molecule has 0 bridgehead atoms. The van der Waals surface area contributed by atoms with Crippen LogP contribution in [0.5, 0.6) is 0 Å². The van der Waals surface area contributed by atoms with E-state index in [0.717, 1.165) is 36.3 Å². The molecule has 3 nitrogen and oxygen atoms in total. The minimum absolute atomic E-state index is 0.384. The normalized spacial score (nSPS) is 24.7. The van der Waals surface area contributed by atoms with Crippen LogP contribution >= 0.6 is 0 Å². The smallest absolute Gasteiger partial charge is 0.112 e. The summed E-state index contributed by atoms with van der Waals surface area (Å²) in [7, 11) is 0. The van der Waals surface area contributed by atoms with E-state index in [1.54, 1.807) is 6.26 Å². The van der Waals surface area contributed by atoms with Crippen molar-refractivity contribution in [3.63, 3.8) is 0 Å². The molecule has 3 heteroatoms. The summed E-state index contributed by atoms with van der Waals surface area (Å²) in [6.45, 7) is 2.11. The average molecular weight is 179 g/mol. The quantitative estimate of drug-likeness (QED) is 0.531. The first-order valence-corrected chi connectivity index (χ1v) is 4.65. The SMILES string of the molecule is CCC1CCc2occc2/C1=N\O. The third-order valence-electron chi connectivity index (χ3n) is 2.73. The minimum Gasteiger partial charge on any atom is -0.469 e. The maximum atomic E-state index is 8.90. The summed E-state index contributed by atoms with van der Waals surface area (Å²) in [6, 6.07) is 1.88. The van der Waals surface area contributed by atoms with Gasteiger partial charge >= 0.3 is 0 Å². The number of rotatable bonds is 1. The van der Waals surface area contributed by atoms with E-state index < -0.39 is 0 Å². The van der Waals surface area contributed by atoms with Crippen LogP contribution in [0.25, 0.3) is 0 Å². The number of furan rings is 1. The lowest BCUT2D eigenvalue weighted by molar-refractivity contribution is 0.312. The van der Waals surface area contributed by atoms with Gasteiger partial charge in [-0.25, -0.2) is 0 Å². The van der Waals surface area contributed by atoms with E-state index in [9.17, 15) is 0 Å². The Labute approximate surface area is 77.1 Å². The van der Waals surface area contributed by atoms with Crippen molar-refractivity contribution in [3.8, 4) is 0 Å². The summed E-state index contributed by atoms with van der Waals surface area (Å²) in [4.78, 5) is 0. The molecule has 1 aliphatic carbocycles. The standard InChI is InChI=1S/C10H13NO2/c1-2-7-3-4-9-8(5-6-13-9)10(7)11-12/h5-7,12H,2-4H2,1H3/b11-10-. The fourth-order valence-corrected chi connectivity index (χ4v) is 1.96. The Hall–Kier alpha value is -1.25. The van der Waals surface area contributed by atoms with Crippen molar-refractivity contribution in [2.75, 3.05) is 0 Å². The van der Waals surface area contributed by atoms with Gasteiger partial charge in [-0.3, -0.25) is 0 Å². The van der Waals surface area contributed by atoms with Crippen molar-refractivity contribution in [2.24, 2.45) is 11.1 Å². The lowest BCUT2D eigenvalue weighted by atomic mass is 9.84. The van der Waals surface area contributed by atoms with Crippen LogP contribution in [0.1, 0.15) is 31.1 Å². The van der Waals surface area contributed by atoms with E-state index in [0.29, 0.717) is 5.92 Å². The maximum absolute atomic E-state index is 8.90. The lowest BCUT2D eigenvalue weighted by Gasteiger charge is -2.20. The van der Waals surface area contributed by atoms with Gasteiger partial charge in [0.05, 0.1) is 12.0 Å². The molecule has 2 rings (SSSR count). The Kier molecular flexibility index (Phi) is 2.08. The molecule has 1 atom stereocenters. The molecule has 1 N–H and O–H groups in total. The number of oxime groups is 1. The fraction of sp³-hybridized carbons (Fsp3) is 0.500. The molecule has 0 spiro atoms. The van der Waals surface area contributed by atoms with Gasteiger partial charge in [0, 0.05) is 17.9 Å². The van der Waals surface area contributed by atoms with Crippen LogP contribution in [0.4, 0.5) is 0 Å². The summed E-state index contributed by atoms with van der Waals surface area (Å²) in [5.41, 5.74) is 1.78. The van der Waals surface area contributed by atoms with E-state index in [-0.39, 0.29) is 0 Å². The second kappa shape index (κ2) is 3.24. The Morgan fingerprint density at radius 3 is 3.23 bits per heavy atom. The molecule has 1 heterocycles. The Morgan fingerprint density at radius 2 is 2.54 bits per heavy atom.